The minimum Gasteiger partial charge on any atom is -0.481 e. The summed E-state index contributed by atoms with van der Waals surface area (Å²) in [5.41, 5.74) is 0. The number of rotatable bonds is 2. The smallest absolute Gasteiger partial charge is 0.324 e. The number of carbonyl (C=O) groups is 2. The van der Waals surface area contributed by atoms with E-state index < -0.39 is 5.97 Å². The molecule has 0 spiro atoms. The van der Waals surface area contributed by atoms with Crippen molar-refractivity contribution >= 4 is 17.9 Å². The van der Waals surface area contributed by atoms with Gasteiger partial charge in [-0.25, -0.2) is 9.78 Å². The number of carboxylic acids is 1. The van der Waals surface area contributed by atoms with E-state index in [0.29, 0.717) is 19.4 Å². The lowest BCUT2D eigenvalue weighted by Crippen LogP contribution is -2.48. The summed E-state index contributed by atoms with van der Waals surface area (Å²) in [5.74, 6) is -1.05. The van der Waals surface area contributed by atoms with Crippen molar-refractivity contribution in [3.63, 3.8) is 0 Å². The van der Waals surface area contributed by atoms with Crippen LogP contribution in [0.2, 0.25) is 0 Å². The monoisotopic (exact) mass is 265 g/mol. The molecule has 1 aromatic heterocycles. The van der Waals surface area contributed by atoms with Crippen LogP contribution in [0, 0.1) is 5.92 Å². The van der Waals surface area contributed by atoms with Gasteiger partial charge in [0.25, 0.3) is 5.95 Å². The highest BCUT2D eigenvalue weighted by molar-refractivity contribution is 5.87. The molecule has 2 atom stereocenters. The zero-order valence-electron chi connectivity index (χ0n) is 10.5. The molecule has 102 valence electrons. The number of anilines is 1. The second-order valence-electron chi connectivity index (χ2n) is 4.50. The van der Waals surface area contributed by atoms with Crippen LogP contribution in [0.15, 0.2) is 12.4 Å². The Labute approximate surface area is 109 Å². The van der Waals surface area contributed by atoms with Crippen LogP contribution in [0.3, 0.4) is 0 Å². The fourth-order valence-electron chi connectivity index (χ4n) is 2.17. The lowest BCUT2D eigenvalue weighted by atomic mass is 9.92. The van der Waals surface area contributed by atoms with E-state index >= 15 is 0 Å². The average Bonchev–Trinajstić information content (AvgIpc) is 2.39. The highest BCUT2D eigenvalue weighted by Gasteiger charge is 2.32. The molecule has 8 heteroatoms. The molecule has 0 aliphatic carbocycles. The maximum absolute atomic E-state index is 12.0. The van der Waals surface area contributed by atoms with E-state index in [4.69, 9.17) is 5.11 Å². The van der Waals surface area contributed by atoms with Crippen molar-refractivity contribution < 1.29 is 14.7 Å². The molecule has 1 aromatic rings. The van der Waals surface area contributed by atoms with E-state index in [2.05, 4.69) is 20.5 Å². The summed E-state index contributed by atoms with van der Waals surface area (Å²) in [6.45, 7) is 2.24. The molecule has 2 N–H and O–H groups in total. The minimum absolute atomic E-state index is 0.133. The summed E-state index contributed by atoms with van der Waals surface area (Å²) >= 11 is 0. The van der Waals surface area contributed by atoms with Gasteiger partial charge in [-0.05, 0) is 19.8 Å². The number of nitrogens with zero attached hydrogens (tertiary/aromatic N) is 4. The molecule has 2 unspecified atom stereocenters. The van der Waals surface area contributed by atoms with Gasteiger partial charge in [0.2, 0.25) is 0 Å². The van der Waals surface area contributed by atoms with Crippen molar-refractivity contribution in [3.05, 3.63) is 12.4 Å². The summed E-state index contributed by atoms with van der Waals surface area (Å²) in [6, 6.07) is -0.462. The van der Waals surface area contributed by atoms with E-state index in [1.54, 1.807) is 4.90 Å². The molecule has 0 aromatic carbocycles. The molecule has 1 aliphatic heterocycles. The van der Waals surface area contributed by atoms with Crippen LogP contribution in [0.4, 0.5) is 10.7 Å². The van der Waals surface area contributed by atoms with Crippen molar-refractivity contribution in [3.8, 4) is 0 Å². The SMILES string of the molecule is CC1CC(C(=O)O)CCN1C(=O)Nc1nccnn1. The van der Waals surface area contributed by atoms with Gasteiger partial charge >= 0.3 is 12.0 Å². The molecule has 19 heavy (non-hydrogen) atoms. The number of carboxylic acid groups (broad SMARTS) is 1. The van der Waals surface area contributed by atoms with Crippen molar-refractivity contribution in [1.82, 2.24) is 20.1 Å². The summed E-state index contributed by atoms with van der Waals surface area (Å²) in [6.07, 6.45) is 3.76. The number of amides is 2. The fourth-order valence-corrected chi connectivity index (χ4v) is 2.17. The molecular weight excluding hydrogens is 250 g/mol. The highest BCUT2D eigenvalue weighted by atomic mass is 16.4. The number of nitrogens with one attached hydrogen (secondary N) is 1. The summed E-state index contributed by atoms with van der Waals surface area (Å²) in [5, 5.41) is 18.8. The van der Waals surface area contributed by atoms with Gasteiger partial charge in [-0.2, -0.15) is 5.10 Å². The maximum Gasteiger partial charge on any atom is 0.324 e. The standard InChI is InChI=1S/C11H15N5O3/c1-7-6-8(9(17)18)2-5-16(7)11(19)14-10-12-3-4-13-15-10/h3-4,7-8H,2,5-6H2,1H3,(H,17,18)(H,12,14,15,19). The van der Waals surface area contributed by atoms with E-state index in [1.807, 2.05) is 6.92 Å². The number of hydrogen-bond donors (Lipinski definition) is 2. The van der Waals surface area contributed by atoms with Crippen LogP contribution in [0.25, 0.3) is 0 Å². The van der Waals surface area contributed by atoms with Crippen LogP contribution >= 0.6 is 0 Å². The Morgan fingerprint density at radius 1 is 1.47 bits per heavy atom. The fraction of sp³-hybridized carbons (Fsp3) is 0.545. The van der Waals surface area contributed by atoms with Gasteiger partial charge in [0, 0.05) is 12.6 Å². The number of carbonyl (C=O) groups excluding carboxylic acids is 1. The maximum atomic E-state index is 12.0. The molecular formula is C11H15N5O3. The number of piperidine rings is 1. The van der Waals surface area contributed by atoms with Crippen molar-refractivity contribution in [2.45, 2.75) is 25.8 Å². The molecule has 2 heterocycles. The highest BCUT2D eigenvalue weighted by Crippen LogP contribution is 2.23. The number of urea groups is 1. The Balaban J connectivity index is 1.95. The quantitative estimate of drug-likeness (QED) is 0.810. The van der Waals surface area contributed by atoms with E-state index in [1.165, 1.54) is 12.4 Å². The first kappa shape index (κ1) is 13.2. The Bertz CT molecular complexity index is 467. The average molecular weight is 265 g/mol. The Morgan fingerprint density at radius 2 is 2.26 bits per heavy atom. The minimum atomic E-state index is -0.803. The normalized spacial score (nSPS) is 22.9. The molecule has 0 saturated carbocycles. The Hall–Kier alpha value is -2.25. The van der Waals surface area contributed by atoms with Gasteiger partial charge in [0.05, 0.1) is 18.3 Å². The van der Waals surface area contributed by atoms with Gasteiger partial charge in [0.15, 0.2) is 0 Å². The number of aliphatic carboxylic acids is 1. The van der Waals surface area contributed by atoms with Crippen molar-refractivity contribution in [2.75, 3.05) is 11.9 Å². The first-order valence-corrected chi connectivity index (χ1v) is 6.02. The number of hydrogen-bond acceptors (Lipinski definition) is 5. The van der Waals surface area contributed by atoms with Crippen LogP contribution in [0.5, 0.6) is 0 Å². The largest absolute Gasteiger partial charge is 0.481 e. The third kappa shape index (κ3) is 3.15. The first-order valence-electron chi connectivity index (χ1n) is 6.02. The Morgan fingerprint density at radius 3 is 2.84 bits per heavy atom. The first-order chi connectivity index (χ1) is 9.08. The Kier molecular flexibility index (Phi) is 3.88. The lowest BCUT2D eigenvalue weighted by molar-refractivity contribution is -0.143. The molecule has 1 fully saturated rings. The molecule has 0 bridgehead atoms. The third-order valence-corrected chi connectivity index (χ3v) is 3.19. The topological polar surface area (TPSA) is 108 Å². The van der Waals surface area contributed by atoms with Crippen molar-refractivity contribution in [1.29, 1.82) is 0 Å². The van der Waals surface area contributed by atoms with E-state index in [-0.39, 0.29) is 23.9 Å². The molecule has 2 amide bonds. The van der Waals surface area contributed by atoms with Gasteiger partial charge in [-0.1, -0.05) is 0 Å². The van der Waals surface area contributed by atoms with Crippen molar-refractivity contribution in [2.24, 2.45) is 5.92 Å². The third-order valence-electron chi connectivity index (χ3n) is 3.19. The summed E-state index contributed by atoms with van der Waals surface area (Å²) in [7, 11) is 0. The van der Waals surface area contributed by atoms with Crippen LogP contribution in [-0.4, -0.2) is 49.8 Å². The van der Waals surface area contributed by atoms with E-state index in [0.717, 1.165) is 0 Å². The predicted octanol–water partition coefficient (Wildman–Crippen LogP) is 0.589. The predicted molar refractivity (Wildman–Crippen MR) is 65.4 cm³/mol. The second kappa shape index (κ2) is 5.59. The number of likely N-dealkylation sites (tertiary alicyclic amines) is 1. The zero-order chi connectivity index (χ0) is 13.8. The molecule has 8 nitrogen and oxygen atoms in total. The summed E-state index contributed by atoms with van der Waals surface area (Å²) in [4.78, 5) is 28.4. The zero-order valence-corrected chi connectivity index (χ0v) is 10.5. The van der Waals surface area contributed by atoms with E-state index in [9.17, 15) is 9.59 Å². The molecule has 2 rings (SSSR count). The molecule has 1 aliphatic rings. The lowest BCUT2D eigenvalue weighted by Gasteiger charge is -2.35. The van der Waals surface area contributed by atoms with Gasteiger partial charge in [0.1, 0.15) is 0 Å². The summed E-state index contributed by atoms with van der Waals surface area (Å²) < 4.78 is 0. The van der Waals surface area contributed by atoms with Crippen LogP contribution in [-0.2, 0) is 4.79 Å². The second-order valence-corrected chi connectivity index (χ2v) is 4.50. The molecule has 1 saturated heterocycles. The van der Waals surface area contributed by atoms with Gasteiger partial charge in [-0.15, -0.1) is 5.10 Å². The molecule has 0 radical (unpaired) electrons. The van der Waals surface area contributed by atoms with Crippen LogP contribution < -0.4 is 5.32 Å². The number of aromatic nitrogens is 3. The van der Waals surface area contributed by atoms with Gasteiger partial charge < -0.3 is 10.0 Å². The van der Waals surface area contributed by atoms with Gasteiger partial charge in [-0.3, -0.25) is 10.1 Å². The van der Waals surface area contributed by atoms with Crippen LogP contribution in [0.1, 0.15) is 19.8 Å².